The van der Waals surface area contributed by atoms with E-state index in [-0.39, 0.29) is 0 Å². The van der Waals surface area contributed by atoms with E-state index in [0.29, 0.717) is 17.5 Å². The van der Waals surface area contributed by atoms with Gasteiger partial charge in [0.1, 0.15) is 22.3 Å². The van der Waals surface area contributed by atoms with E-state index in [0.717, 1.165) is 93.8 Å². The standard InChI is InChI=1S/C51H30N4O2/c1-3-12-31(13-4-1)32-22-24-33(25-23-32)49-52-50(34-26-27-38-37-17-8-10-20-42(37)56-45(38)30-34)54-51(53-49)40-18-11-21-43-46(40)47-44(57-43)29-28-39-36-16-7-9-19-41(36)55(48(39)47)35-14-5-2-6-15-35/h1-30H. The van der Waals surface area contributed by atoms with E-state index in [1.165, 1.54) is 5.39 Å². The molecule has 0 fully saturated rings. The first-order valence-corrected chi connectivity index (χ1v) is 19.0. The number of para-hydroxylation sites is 3. The van der Waals surface area contributed by atoms with Gasteiger partial charge in [-0.25, -0.2) is 15.0 Å². The lowest BCUT2D eigenvalue weighted by molar-refractivity contribution is 0.669. The Kier molecular flexibility index (Phi) is 6.83. The molecule has 0 saturated heterocycles. The molecule has 4 aromatic heterocycles. The molecule has 12 rings (SSSR count). The highest BCUT2D eigenvalue weighted by atomic mass is 16.3. The maximum Gasteiger partial charge on any atom is 0.164 e. The summed E-state index contributed by atoms with van der Waals surface area (Å²) < 4.78 is 15.3. The number of nitrogens with zero attached hydrogens (tertiary/aromatic N) is 4. The van der Waals surface area contributed by atoms with E-state index in [4.69, 9.17) is 23.8 Å². The van der Waals surface area contributed by atoms with Gasteiger partial charge >= 0.3 is 0 Å². The molecule has 4 heterocycles. The van der Waals surface area contributed by atoms with E-state index in [1.54, 1.807) is 0 Å². The van der Waals surface area contributed by atoms with Crippen molar-refractivity contribution in [2.75, 3.05) is 0 Å². The molecule has 266 valence electrons. The Hall–Kier alpha value is -7.83. The van der Waals surface area contributed by atoms with Crippen LogP contribution in [0, 0.1) is 0 Å². The third-order valence-corrected chi connectivity index (χ3v) is 11.1. The van der Waals surface area contributed by atoms with E-state index in [2.05, 4.69) is 144 Å². The summed E-state index contributed by atoms with van der Waals surface area (Å²) in [4.78, 5) is 15.6. The van der Waals surface area contributed by atoms with Crippen LogP contribution in [0.2, 0.25) is 0 Å². The van der Waals surface area contributed by atoms with Crippen LogP contribution in [0.3, 0.4) is 0 Å². The summed E-state index contributed by atoms with van der Waals surface area (Å²) in [5.41, 5.74) is 11.3. The van der Waals surface area contributed by atoms with Gasteiger partial charge in [-0.3, -0.25) is 0 Å². The zero-order valence-corrected chi connectivity index (χ0v) is 30.4. The highest BCUT2D eigenvalue weighted by molar-refractivity contribution is 6.26. The third-order valence-electron chi connectivity index (χ3n) is 11.1. The molecule has 0 spiro atoms. The van der Waals surface area contributed by atoms with Crippen LogP contribution in [0.4, 0.5) is 0 Å². The van der Waals surface area contributed by atoms with E-state index in [1.807, 2.05) is 42.5 Å². The summed E-state index contributed by atoms with van der Waals surface area (Å²) in [6, 6.07) is 62.6. The summed E-state index contributed by atoms with van der Waals surface area (Å²) >= 11 is 0. The number of aromatic nitrogens is 4. The molecule has 6 nitrogen and oxygen atoms in total. The predicted molar refractivity (Wildman–Crippen MR) is 230 cm³/mol. The van der Waals surface area contributed by atoms with Gasteiger partial charge in [-0.2, -0.15) is 0 Å². The molecule has 0 unspecified atom stereocenters. The maximum absolute atomic E-state index is 6.67. The third kappa shape index (κ3) is 4.94. The summed E-state index contributed by atoms with van der Waals surface area (Å²) in [5, 5.41) is 6.41. The Balaban J connectivity index is 1.13. The van der Waals surface area contributed by atoms with Gasteiger partial charge in [0.15, 0.2) is 17.5 Å². The predicted octanol–water partition coefficient (Wildman–Crippen LogP) is 13.4. The molecule has 57 heavy (non-hydrogen) atoms. The summed E-state index contributed by atoms with van der Waals surface area (Å²) in [6.07, 6.45) is 0. The van der Waals surface area contributed by atoms with Gasteiger partial charge in [-0.15, -0.1) is 0 Å². The number of benzene rings is 8. The minimum atomic E-state index is 0.554. The van der Waals surface area contributed by atoms with Crippen molar-refractivity contribution in [2.24, 2.45) is 0 Å². The molecule has 0 N–H and O–H groups in total. The lowest BCUT2D eigenvalue weighted by atomic mass is 10.0. The van der Waals surface area contributed by atoms with E-state index >= 15 is 0 Å². The number of hydrogen-bond acceptors (Lipinski definition) is 5. The van der Waals surface area contributed by atoms with Gasteiger partial charge < -0.3 is 13.4 Å². The molecule has 0 aliphatic carbocycles. The Labute approximate surface area is 325 Å². The Morgan fingerprint density at radius 2 is 0.930 bits per heavy atom. The number of fused-ring (bicyclic) bond motifs is 10. The second-order valence-electron chi connectivity index (χ2n) is 14.4. The molecule has 0 saturated carbocycles. The molecule has 0 aliphatic rings. The van der Waals surface area contributed by atoms with Gasteiger partial charge in [0.05, 0.1) is 16.4 Å². The van der Waals surface area contributed by atoms with E-state index < -0.39 is 0 Å². The SMILES string of the molecule is c1ccc(-c2ccc(-c3nc(-c4ccc5c(c4)oc4ccccc45)nc(-c4cccc5oc6ccc7c8ccccc8n(-c8ccccc8)c7c6c45)n3)cc2)cc1. The molecule has 0 atom stereocenters. The number of hydrogen-bond donors (Lipinski definition) is 0. The van der Waals surface area contributed by atoms with Gasteiger partial charge in [0.25, 0.3) is 0 Å². The zero-order valence-electron chi connectivity index (χ0n) is 30.4. The molecular formula is C51H30N4O2. The minimum absolute atomic E-state index is 0.554. The summed E-state index contributed by atoms with van der Waals surface area (Å²) in [6.45, 7) is 0. The van der Waals surface area contributed by atoms with E-state index in [9.17, 15) is 0 Å². The van der Waals surface area contributed by atoms with Crippen molar-refractivity contribution in [1.82, 2.24) is 19.5 Å². The van der Waals surface area contributed by atoms with Crippen LogP contribution < -0.4 is 0 Å². The average Bonchev–Trinajstić information content (AvgIpc) is 3.96. The van der Waals surface area contributed by atoms with Crippen LogP contribution >= 0.6 is 0 Å². The largest absolute Gasteiger partial charge is 0.456 e. The molecule has 0 bridgehead atoms. The fourth-order valence-corrected chi connectivity index (χ4v) is 8.45. The first-order valence-electron chi connectivity index (χ1n) is 19.0. The second kappa shape index (κ2) is 12.3. The van der Waals surface area contributed by atoms with Crippen LogP contribution in [-0.4, -0.2) is 19.5 Å². The first kappa shape index (κ1) is 31.5. The summed E-state index contributed by atoms with van der Waals surface area (Å²) in [7, 11) is 0. The normalized spacial score (nSPS) is 11.9. The summed E-state index contributed by atoms with van der Waals surface area (Å²) in [5.74, 6) is 1.69. The first-order chi connectivity index (χ1) is 28.2. The molecule has 12 aromatic rings. The lowest BCUT2D eigenvalue weighted by Gasteiger charge is -2.11. The number of furan rings is 2. The molecule has 8 aromatic carbocycles. The van der Waals surface area contributed by atoms with Crippen LogP contribution in [0.1, 0.15) is 0 Å². The zero-order chi connectivity index (χ0) is 37.5. The molecular weight excluding hydrogens is 701 g/mol. The highest BCUT2D eigenvalue weighted by Gasteiger charge is 2.23. The average molecular weight is 731 g/mol. The Morgan fingerprint density at radius 3 is 1.77 bits per heavy atom. The fourth-order valence-electron chi connectivity index (χ4n) is 8.45. The number of rotatable bonds is 5. The quantitative estimate of drug-likeness (QED) is 0.176. The van der Waals surface area contributed by atoms with Gasteiger partial charge in [0, 0.05) is 49.3 Å². The minimum Gasteiger partial charge on any atom is -0.456 e. The van der Waals surface area contributed by atoms with Crippen LogP contribution in [-0.2, 0) is 0 Å². The molecule has 0 amide bonds. The van der Waals surface area contributed by atoms with Crippen LogP contribution in [0.5, 0.6) is 0 Å². The van der Waals surface area contributed by atoms with Crippen molar-refractivity contribution in [3.8, 4) is 51.0 Å². The topological polar surface area (TPSA) is 69.9 Å². The monoisotopic (exact) mass is 730 g/mol. The highest BCUT2D eigenvalue weighted by Crippen LogP contribution is 2.44. The Morgan fingerprint density at radius 1 is 0.351 bits per heavy atom. The van der Waals surface area contributed by atoms with Crippen molar-refractivity contribution in [3.63, 3.8) is 0 Å². The van der Waals surface area contributed by atoms with Crippen LogP contribution in [0.15, 0.2) is 191 Å². The maximum atomic E-state index is 6.67. The molecule has 6 heteroatoms. The van der Waals surface area contributed by atoms with Crippen molar-refractivity contribution in [3.05, 3.63) is 182 Å². The fraction of sp³-hybridized carbons (Fsp3) is 0. The van der Waals surface area contributed by atoms with Gasteiger partial charge in [0.2, 0.25) is 0 Å². The Bertz CT molecular complexity index is 3510. The lowest BCUT2D eigenvalue weighted by Crippen LogP contribution is -2.00. The van der Waals surface area contributed by atoms with Crippen molar-refractivity contribution >= 4 is 65.7 Å². The van der Waals surface area contributed by atoms with Crippen LogP contribution in [0.25, 0.3) is 117 Å². The van der Waals surface area contributed by atoms with Crippen molar-refractivity contribution in [2.45, 2.75) is 0 Å². The molecule has 0 aliphatic heterocycles. The molecule has 0 radical (unpaired) electrons. The second-order valence-corrected chi connectivity index (χ2v) is 14.4. The van der Waals surface area contributed by atoms with Crippen molar-refractivity contribution < 1.29 is 8.83 Å². The smallest absolute Gasteiger partial charge is 0.164 e. The van der Waals surface area contributed by atoms with Gasteiger partial charge in [-0.1, -0.05) is 127 Å². The van der Waals surface area contributed by atoms with Crippen molar-refractivity contribution in [1.29, 1.82) is 0 Å². The van der Waals surface area contributed by atoms with Gasteiger partial charge in [-0.05, 0) is 65.7 Å².